The lowest BCUT2D eigenvalue weighted by Crippen LogP contribution is -2.11. The van der Waals surface area contributed by atoms with Crippen LogP contribution in [-0.4, -0.2) is 5.91 Å². The second-order valence-corrected chi connectivity index (χ2v) is 6.16. The number of hydrogen-bond donors (Lipinski definition) is 1. The van der Waals surface area contributed by atoms with Crippen LogP contribution >= 0.6 is 15.9 Å². The lowest BCUT2D eigenvalue weighted by atomic mass is 10.2. The SMILES string of the molecule is O=C(Nc1ccc2occc(=O)c2c1)c1cc2cc(Br)ccc2o1. The fraction of sp³-hybridized carbons (Fsp3) is 0. The Bertz CT molecular complexity index is 1140. The molecule has 0 aliphatic carbocycles. The number of amides is 1. The molecule has 5 nitrogen and oxygen atoms in total. The van der Waals surface area contributed by atoms with Crippen molar-refractivity contribution < 1.29 is 13.6 Å². The normalized spacial score (nSPS) is 11.0. The Morgan fingerprint density at radius 3 is 2.71 bits per heavy atom. The summed E-state index contributed by atoms with van der Waals surface area (Å²) in [7, 11) is 0. The van der Waals surface area contributed by atoms with Crippen LogP contribution in [0.4, 0.5) is 5.69 Å². The highest BCUT2D eigenvalue weighted by molar-refractivity contribution is 9.10. The first-order valence-electron chi connectivity index (χ1n) is 7.12. The molecular formula is C18H10BrNO4. The van der Waals surface area contributed by atoms with Gasteiger partial charge in [-0.15, -0.1) is 0 Å². The third-order valence-electron chi connectivity index (χ3n) is 3.62. The highest BCUT2D eigenvalue weighted by Gasteiger charge is 2.13. The number of carbonyl (C=O) groups is 1. The van der Waals surface area contributed by atoms with E-state index < -0.39 is 0 Å². The molecule has 0 unspecified atom stereocenters. The van der Waals surface area contributed by atoms with Crippen LogP contribution in [0, 0.1) is 0 Å². The Hall–Kier alpha value is -2.86. The Labute approximate surface area is 144 Å². The number of nitrogens with one attached hydrogen (secondary N) is 1. The Morgan fingerprint density at radius 1 is 1.00 bits per heavy atom. The quantitative estimate of drug-likeness (QED) is 0.550. The Kier molecular flexibility index (Phi) is 3.46. The maximum atomic E-state index is 12.4. The summed E-state index contributed by atoms with van der Waals surface area (Å²) in [6.07, 6.45) is 1.34. The van der Waals surface area contributed by atoms with Crippen LogP contribution in [0.1, 0.15) is 10.6 Å². The molecule has 0 spiro atoms. The molecular weight excluding hydrogens is 374 g/mol. The average Bonchev–Trinajstić information content (AvgIpc) is 2.99. The van der Waals surface area contributed by atoms with Crippen molar-refractivity contribution in [3.8, 4) is 0 Å². The van der Waals surface area contributed by atoms with Gasteiger partial charge in [0.25, 0.3) is 5.91 Å². The summed E-state index contributed by atoms with van der Waals surface area (Å²) in [5, 5.41) is 3.96. The van der Waals surface area contributed by atoms with Crippen LogP contribution in [0.25, 0.3) is 21.9 Å². The molecule has 2 aromatic carbocycles. The first kappa shape index (κ1) is 14.7. The maximum absolute atomic E-state index is 12.4. The molecule has 0 bridgehead atoms. The molecule has 1 N–H and O–H groups in total. The zero-order chi connectivity index (χ0) is 16.7. The zero-order valence-electron chi connectivity index (χ0n) is 12.2. The van der Waals surface area contributed by atoms with Crippen molar-refractivity contribution in [1.29, 1.82) is 0 Å². The van der Waals surface area contributed by atoms with Gasteiger partial charge >= 0.3 is 0 Å². The lowest BCUT2D eigenvalue weighted by molar-refractivity contribution is 0.0998. The molecule has 0 aliphatic rings. The number of halogens is 1. The van der Waals surface area contributed by atoms with E-state index in [0.717, 1.165) is 9.86 Å². The van der Waals surface area contributed by atoms with Gasteiger partial charge in [0.2, 0.25) is 0 Å². The number of benzene rings is 2. The fourth-order valence-corrected chi connectivity index (χ4v) is 2.86. The average molecular weight is 384 g/mol. The topological polar surface area (TPSA) is 72.5 Å². The minimum absolute atomic E-state index is 0.166. The summed E-state index contributed by atoms with van der Waals surface area (Å²) in [4.78, 5) is 24.2. The van der Waals surface area contributed by atoms with Gasteiger partial charge < -0.3 is 14.2 Å². The van der Waals surface area contributed by atoms with Crippen LogP contribution in [-0.2, 0) is 0 Å². The second kappa shape index (κ2) is 5.65. The van der Waals surface area contributed by atoms with Crippen LogP contribution in [0.2, 0.25) is 0 Å². The summed E-state index contributed by atoms with van der Waals surface area (Å²) in [5.41, 5.74) is 1.42. The van der Waals surface area contributed by atoms with Gasteiger partial charge in [0.1, 0.15) is 11.2 Å². The molecule has 0 fully saturated rings. The largest absolute Gasteiger partial charge is 0.464 e. The minimum atomic E-state index is -0.387. The van der Waals surface area contributed by atoms with Crippen LogP contribution in [0.3, 0.4) is 0 Å². The predicted octanol–water partition coefficient (Wildman–Crippen LogP) is 4.55. The van der Waals surface area contributed by atoms with Crippen LogP contribution in [0.15, 0.2) is 72.9 Å². The molecule has 0 atom stereocenters. The van der Waals surface area contributed by atoms with E-state index in [9.17, 15) is 9.59 Å². The van der Waals surface area contributed by atoms with E-state index in [0.29, 0.717) is 22.2 Å². The molecule has 0 radical (unpaired) electrons. The van der Waals surface area contributed by atoms with Gasteiger partial charge in [-0.05, 0) is 42.5 Å². The van der Waals surface area contributed by atoms with E-state index in [1.807, 2.05) is 12.1 Å². The van der Waals surface area contributed by atoms with Crippen molar-refractivity contribution in [2.75, 3.05) is 5.32 Å². The molecule has 0 saturated carbocycles. The molecule has 4 aromatic rings. The lowest BCUT2D eigenvalue weighted by Gasteiger charge is -2.04. The molecule has 0 saturated heterocycles. The minimum Gasteiger partial charge on any atom is -0.464 e. The van der Waals surface area contributed by atoms with E-state index in [2.05, 4.69) is 21.2 Å². The number of anilines is 1. The zero-order valence-corrected chi connectivity index (χ0v) is 13.8. The van der Waals surface area contributed by atoms with Gasteiger partial charge in [0, 0.05) is 21.6 Å². The molecule has 118 valence electrons. The summed E-state index contributed by atoms with van der Waals surface area (Å²) in [6.45, 7) is 0. The van der Waals surface area contributed by atoms with Crippen molar-refractivity contribution in [1.82, 2.24) is 0 Å². The molecule has 1 amide bonds. The highest BCUT2D eigenvalue weighted by atomic mass is 79.9. The van der Waals surface area contributed by atoms with E-state index >= 15 is 0 Å². The maximum Gasteiger partial charge on any atom is 0.291 e. The molecule has 0 aliphatic heterocycles. The molecule has 4 rings (SSSR count). The van der Waals surface area contributed by atoms with Gasteiger partial charge in [-0.2, -0.15) is 0 Å². The third-order valence-corrected chi connectivity index (χ3v) is 4.11. The smallest absolute Gasteiger partial charge is 0.291 e. The first-order valence-corrected chi connectivity index (χ1v) is 7.91. The summed E-state index contributed by atoms with van der Waals surface area (Å²) in [5.74, 6) is -0.190. The van der Waals surface area contributed by atoms with Gasteiger partial charge in [0.15, 0.2) is 11.2 Å². The van der Waals surface area contributed by atoms with Gasteiger partial charge in [-0.25, -0.2) is 0 Å². The number of carbonyl (C=O) groups excluding carboxylic acids is 1. The molecule has 6 heteroatoms. The van der Waals surface area contributed by atoms with E-state index in [4.69, 9.17) is 8.83 Å². The van der Waals surface area contributed by atoms with E-state index in [-0.39, 0.29) is 17.1 Å². The van der Waals surface area contributed by atoms with Crippen LogP contribution in [0.5, 0.6) is 0 Å². The van der Waals surface area contributed by atoms with Crippen molar-refractivity contribution >= 4 is 49.5 Å². The monoisotopic (exact) mass is 383 g/mol. The molecule has 24 heavy (non-hydrogen) atoms. The van der Waals surface area contributed by atoms with Crippen LogP contribution < -0.4 is 10.7 Å². The standard InChI is InChI=1S/C18H10BrNO4/c19-11-1-3-15-10(7-11)8-17(24-15)18(22)20-12-2-4-16-13(9-12)14(21)5-6-23-16/h1-9H,(H,20,22). The fourth-order valence-electron chi connectivity index (χ4n) is 2.48. The second-order valence-electron chi connectivity index (χ2n) is 5.24. The summed E-state index contributed by atoms with van der Waals surface area (Å²) >= 11 is 3.38. The van der Waals surface area contributed by atoms with Crippen molar-refractivity contribution in [3.63, 3.8) is 0 Å². The van der Waals surface area contributed by atoms with Crippen molar-refractivity contribution in [2.45, 2.75) is 0 Å². The summed E-state index contributed by atoms with van der Waals surface area (Å²) < 4.78 is 11.7. The number of hydrogen-bond acceptors (Lipinski definition) is 4. The summed E-state index contributed by atoms with van der Waals surface area (Å²) in [6, 6.07) is 13.4. The molecule has 2 heterocycles. The Balaban J connectivity index is 1.67. The van der Waals surface area contributed by atoms with Crippen molar-refractivity contribution in [3.05, 3.63) is 75.3 Å². The van der Waals surface area contributed by atoms with E-state index in [1.165, 1.54) is 12.3 Å². The van der Waals surface area contributed by atoms with Gasteiger partial charge in [-0.3, -0.25) is 9.59 Å². The van der Waals surface area contributed by atoms with E-state index in [1.54, 1.807) is 30.3 Å². The van der Waals surface area contributed by atoms with Crippen molar-refractivity contribution in [2.24, 2.45) is 0 Å². The number of fused-ring (bicyclic) bond motifs is 2. The van der Waals surface area contributed by atoms with Gasteiger partial charge in [-0.1, -0.05) is 15.9 Å². The highest BCUT2D eigenvalue weighted by Crippen LogP contribution is 2.24. The molecule has 2 aromatic heterocycles. The Morgan fingerprint density at radius 2 is 1.83 bits per heavy atom. The third kappa shape index (κ3) is 2.61. The first-order chi connectivity index (χ1) is 11.6. The number of furan rings is 1. The number of rotatable bonds is 2. The predicted molar refractivity (Wildman–Crippen MR) is 94.4 cm³/mol. The van der Waals surface area contributed by atoms with Gasteiger partial charge in [0.05, 0.1) is 11.6 Å².